The minimum Gasteiger partial charge on any atom is -0.396 e. The SMILES string of the molecule is C[C@](O)(c1ccc(Br)cc1)[C@H](CNCCCCO)c1ccccc1. The first-order valence-electron chi connectivity index (χ1n) is 8.40. The number of rotatable bonds is 9. The van der Waals surface area contributed by atoms with Crippen molar-refractivity contribution in [1.29, 1.82) is 0 Å². The molecule has 0 heterocycles. The highest BCUT2D eigenvalue weighted by Crippen LogP contribution is 2.36. The Kier molecular flexibility index (Phi) is 7.43. The van der Waals surface area contributed by atoms with Crippen LogP contribution in [0.4, 0.5) is 0 Å². The van der Waals surface area contributed by atoms with Crippen LogP contribution >= 0.6 is 15.9 Å². The van der Waals surface area contributed by atoms with Gasteiger partial charge in [-0.15, -0.1) is 0 Å². The molecule has 0 radical (unpaired) electrons. The van der Waals surface area contributed by atoms with E-state index in [9.17, 15) is 5.11 Å². The second kappa shape index (κ2) is 9.33. The summed E-state index contributed by atoms with van der Waals surface area (Å²) in [5, 5.41) is 23.6. The van der Waals surface area contributed by atoms with Gasteiger partial charge in [-0.25, -0.2) is 0 Å². The number of hydrogen-bond donors (Lipinski definition) is 3. The van der Waals surface area contributed by atoms with Gasteiger partial charge in [-0.3, -0.25) is 0 Å². The van der Waals surface area contributed by atoms with Gasteiger partial charge < -0.3 is 15.5 Å². The van der Waals surface area contributed by atoms with Gasteiger partial charge in [0.25, 0.3) is 0 Å². The molecular weight excluding hydrogens is 366 g/mol. The first-order valence-corrected chi connectivity index (χ1v) is 9.20. The summed E-state index contributed by atoms with van der Waals surface area (Å²) in [6.45, 7) is 3.61. The summed E-state index contributed by atoms with van der Waals surface area (Å²) in [5.74, 6) is -0.0611. The van der Waals surface area contributed by atoms with Crippen LogP contribution < -0.4 is 5.32 Å². The quantitative estimate of drug-likeness (QED) is 0.569. The van der Waals surface area contributed by atoms with Crippen molar-refractivity contribution in [1.82, 2.24) is 5.32 Å². The third-order valence-corrected chi connectivity index (χ3v) is 4.95. The number of halogens is 1. The molecule has 3 nitrogen and oxygen atoms in total. The highest BCUT2D eigenvalue weighted by molar-refractivity contribution is 9.10. The lowest BCUT2D eigenvalue weighted by Crippen LogP contribution is -2.37. The molecule has 0 aliphatic carbocycles. The van der Waals surface area contributed by atoms with Crippen molar-refractivity contribution in [2.45, 2.75) is 31.3 Å². The maximum Gasteiger partial charge on any atom is 0.0948 e. The molecule has 4 heteroatoms. The number of aliphatic hydroxyl groups is 2. The zero-order valence-corrected chi connectivity index (χ0v) is 15.7. The van der Waals surface area contributed by atoms with Gasteiger partial charge in [0.15, 0.2) is 0 Å². The summed E-state index contributed by atoms with van der Waals surface area (Å²) in [6.07, 6.45) is 1.73. The molecule has 0 saturated heterocycles. The number of aliphatic hydroxyl groups excluding tert-OH is 1. The zero-order chi connectivity index (χ0) is 17.4. The van der Waals surface area contributed by atoms with Crippen molar-refractivity contribution < 1.29 is 10.2 Å². The fourth-order valence-corrected chi connectivity index (χ4v) is 3.19. The largest absolute Gasteiger partial charge is 0.396 e. The van der Waals surface area contributed by atoms with Crippen molar-refractivity contribution in [3.63, 3.8) is 0 Å². The van der Waals surface area contributed by atoms with Gasteiger partial charge in [0.2, 0.25) is 0 Å². The molecule has 0 aromatic heterocycles. The van der Waals surface area contributed by atoms with Crippen molar-refractivity contribution in [3.05, 3.63) is 70.2 Å². The number of nitrogens with one attached hydrogen (secondary N) is 1. The van der Waals surface area contributed by atoms with Gasteiger partial charge in [-0.2, -0.15) is 0 Å². The van der Waals surface area contributed by atoms with E-state index in [1.54, 1.807) is 0 Å². The molecule has 0 spiro atoms. The summed E-state index contributed by atoms with van der Waals surface area (Å²) in [7, 11) is 0. The molecule has 0 saturated carbocycles. The van der Waals surface area contributed by atoms with E-state index in [1.807, 2.05) is 49.4 Å². The standard InChI is InChI=1S/C20H26BrNO2/c1-20(24,17-9-11-18(21)12-10-17)19(15-22-13-5-6-14-23)16-7-3-2-4-8-16/h2-4,7-12,19,22-24H,5-6,13-15H2,1H3/t19-,20+/m1/s1. The van der Waals surface area contributed by atoms with Crippen LogP contribution in [0.15, 0.2) is 59.1 Å². The average Bonchev–Trinajstić information content (AvgIpc) is 2.59. The lowest BCUT2D eigenvalue weighted by atomic mass is 9.78. The molecule has 3 N–H and O–H groups in total. The molecule has 130 valence electrons. The first kappa shape index (κ1) is 19.1. The topological polar surface area (TPSA) is 52.5 Å². The number of hydrogen-bond acceptors (Lipinski definition) is 3. The van der Waals surface area contributed by atoms with E-state index in [2.05, 4.69) is 33.4 Å². The van der Waals surface area contributed by atoms with Crippen molar-refractivity contribution in [3.8, 4) is 0 Å². The van der Waals surface area contributed by atoms with Gasteiger partial charge in [0.05, 0.1) is 5.60 Å². The van der Waals surface area contributed by atoms with E-state index in [-0.39, 0.29) is 12.5 Å². The molecule has 2 atom stereocenters. The average molecular weight is 392 g/mol. The summed E-state index contributed by atoms with van der Waals surface area (Å²) in [4.78, 5) is 0. The molecule has 0 fully saturated rings. The van der Waals surface area contributed by atoms with E-state index in [1.165, 1.54) is 0 Å². The molecule has 2 aromatic carbocycles. The maximum absolute atomic E-state index is 11.3. The van der Waals surface area contributed by atoms with Crippen LogP contribution in [0.5, 0.6) is 0 Å². The Morgan fingerprint density at radius 1 is 1.04 bits per heavy atom. The predicted octanol–water partition coefficient (Wildman–Crippen LogP) is 3.80. The Hall–Kier alpha value is -1.20. The zero-order valence-electron chi connectivity index (χ0n) is 14.1. The summed E-state index contributed by atoms with van der Waals surface area (Å²) < 4.78 is 1.00. The minimum atomic E-state index is -0.980. The first-order chi connectivity index (χ1) is 11.6. The van der Waals surface area contributed by atoms with E-state index in [0.29, 0.717) is 6.54 Å². The van der Waals surface area contributed by atoms with Crippen LogP contribution in [-0.4, -0.2) is 29.9 Å². The van der Waals surface area contributed by atoms with Crippen LogP contribution in [0.1, 0.15) is 36.8 Å². The highest BCUT2D eigenvalue weighted by atomic mass is 79.9. The smallest absolute Gasteiger partial charge is 0.0948 e. The Morgan fingerprint density at radius 2 is 1.71 bits per heavy atom. The van der Waals surface area contributed by atoms with Crippen LogP contribution in [0.25, 0.3) is 0 Å². The lowest BCUT2D eigenvalue weighted by molar-refractivity contribution is 0.0263. The Labute approximate surface area is 152 Å². The highest BCUT2D eigenvalue weighted by Gasteiger charge is 2.34. The Balaban J connectivity index is 2.19. The summed E-state index contributed by atoms with van der Waals surface area (Å²) in [5.41, 5.74) is 1.03. The maximum atomic E-state index is 11.3. The van der Waals surface area contributed by atoms with Gasteiger partial charge in [0.1, 0.15) is 0 Å². The van der Waals surface area contributed by atoms with E-state index in [0.717, 1.165) is 35.0 Å². The van der Waals surface area contributed by atoms with E-state index < -0.39 is 5.60 Å². The predicted molar refractivity (Wildman–Crippen MR) is 102 cm³/mol. The summed E-state index contributed by atoms with van der Waals surface area (Å²) in [6, 6.07) is 18.0. The second-order valence-corrected chi connectivity index (χ2v) is 7.17. The molecule has 0 amide bonds. The van der Waals surface area contributed by atoms with Crippen LogP contribution in [0.3, 0.4) is 0 Å². The monoisotopic (exact) mass is 391 g/mol. The van der Waals surface area contributed by atoms with E-state index in [4.69, 9.17) is 5.11 Å². The molecule has 0 aliphatic rings. The van der Waals surface area contributed by atoms with Crippen molar-refractivity contribution in [2.75, 3.05) is 19.7 Å². The van der Waals surface area contributed by atoms with Gasteiger partial charge in [-0.1, -0.05) is 58.4 Å². The van der Waals surface area contributed by atoms with Crippen LogP contribution in [-0.2, 0) is 5.60 Å². The number of unbranched alkanes of at least 4 members (excludes halogenated alkanes) is 1. The molecule has 0 bridgehead atoms. The van der Waals surface area contributed by atoms with Crippen LogP contribution in [0, 0.1) is 0 Å². The molecule has 0 unspecified atom stereocenters. The summed E-state index contributed by atoms with van der Waals surface area (Å²) >= 11 is 3.45. The van der Waals surface area contributed by atoms with Crippen molar-refractivity contribution >= 4 is 15.9 Å². The fraction of sp³-hybridized carbons (Fsp3) is 0.400. The van der Waals surface area contributed by atoms with Gasteiger partial charge in [-0.05, 0) is 49.6 Å². The molecule has 2 rings (SSSR count). The third-order valence-electron chi connectivity index (χ3n) is 4.42. The normalized spacial score (nSPS) is 15.0. The van der Waals surface area contributed by atoms with E-state index >= 15 is 0 Å². The lowest BCUT2D eigenvalue weighted by Gasteiger charge is -2.34. The molecular formula is C20H26BrNO2. The van der Waals surface area contributed by atoms with Gasteiger partial charge >= 0.3 is 0 Å². The fourth-order valence-electron chi connectivity index (χ4n) is 2.92. The molecule has 24 heavy (non-hydrogen) atoms. The van der Waals surface area contributed by atoms with Crippen LogP contribution in [0.2, 0.25) is 0 Å². The Bertz CT molecular complexity index is 599. The molecule has 0 aliphatic heterocycles. The van der Waals surface area contributed by atoms with Crippen molar-refractivity contribution in [2.24, 2.45) is 0 Å². The van der Waals surface area contributed by atoms with Gasteiger partial charge in [0, 0.05) is 23.5 Å². The number of benzene rings is 2. The minimum absolute atomic E-state index is 0.0611. The molecule has 2 aromatic rings. The third kappa shape index (κ3) is 5.15. The second-order valence-electron chi connectivity index (χ2n) is 6.25. The Morgan fingerprint density at radius 3 is 2.33 bits per heavy atom.